The molecule has 3 nitrogen and oxygen atoms in total. The van der Waals surface area contributed by atoms with Crippen molar-refractivity contribution >= 4 is 27.3 Å². The zero-order valence-corrected chi connectivity index (χ0v) is 9.35. The second-order valence-electron chi connectivity index (χ2n) is 3.09. The number of rotatable bonds is 2. The van der Waals surface area contributed by atoms with Crippen molar-refractivity contribution in [1.29, 1.82) is 0 Å². The Morgan fingerprint density at radius 2 is 2.27 bits per heavy atom. The number of carbonyl (C=O) groups excluding carboxylic acids is 1. The molecule has 2 rings (SSSR count). The Morgan fingerprint density at radius 3 is 2.93 bits per heavy atom. The van der Waals surface area contributed by atoms with Crippen LogP contribution in [0, 0.1) is 0 Å². The van der Waals surface area contributed by atoms with Crippen LogP contribution in [-0.2, 0) is 0 Å². The van der Waals surface area contributed by atoms with Gasteiger partial charge in [0, 0.05) is 22.5 Å². The maximum atomic E-state index is 11.5. The molecule has 0 saturated carbocycles. The molecule has 0 radical (unpaired) electrons. The van der Waals surface area contributed by atoms with Gasteiger partial charge in [-0.05, 0) is 18.2 Å². The van der Waals surface area contributed by atoms with Crippen LogP contribution < -0.4 is 10.1 Å². The summed E-state index contributed by atoms with van der Waals surface area (Å²) in [5, 5.41) is 5.46. The number of thiophene rings is 1. The molecule has 1 heterocycles. The summed E-state index contributed by atoms with van der Waals surface area (Å²) in [6.07, 6.45) is 0. The third-order valence-electron chi connectivity index (χ3n) is 2.25. The van der Waals surface area contributed by atoms with Gasteiger partial charge in [-0.1, -0.05) is 0 Å². The molecule has 78 valence electrons. The van der Waals surface area contributed by atoms with Crippen molar-refractivity contribution in [3.63, 3.8) is 0 Å². The maximum Gasteiger partial charge on any atom is 0.252 e. The van der Waals surface area contributed by atoms with Crippen molar-refractivity contribution in [3.8, 4) is 5.75 Å². The van der Waals surface area contributed by atoms with Gasteiger partial charge in [0.2, 0.25) is 0 Å². The number of hydrogen-bond acceptors (Lipinski definition) is 3. The molecule has 0 unspecified atom stereocenters. The first kappa shape index (κ1) is 9.98. The van der Waals surface area contributed by atoms with Gasteiger partial charge < -0.3 is 10.1 Å². The largest absolute Gasteiger partial charge is 0.497 e. The molecule has 0 aliphatic rings. The van der Waals surface area contributed by atoms with Crippen LogP contribution in [0.2, 0.25) is 0 Å². The zero-order valence-electron chi connectivity index (χ0n) is 8.53. The highest BCUT2D eigenvalue weighted by Crippen LogP contribution is 2.29. The van der Waals surface area contributed by atoms with E-state index in [2.05, 4.69) is 5.32 Å². The first-order chi connectivity index (χ1) is 7.26. The van der Waals surface area contributed by atoms with Crippen LogP contribution in [0.1, 0.15) is 10.4 Å². The molecule has 0 aliphatic carbocycles. The number of benzene rings is 1. The van der Waals surface area contributed by atoms with Crippen LogP contribution >= 0.6 is 11.3 Å². The number of carbonyl (C=O) groups is 1. The van der Waals surface area contributed by atoms with Crippen LogP contribution in [-0.4, -0.2) is 20.1 Å². The zero-order chi connectivity index (χ0) is 10.8. The summed E-state index contributed by atoms with van der Waals surface area (Å²) >= 11 is 1.55. The standard InChI is InChI=1S/C11H11NO2S/c1-12-11(13)9-6-15-10-5-7(14-2)3-4-8(9)10/h3-6H,1-2H3,(H,12,13). The molecule has 1 aromatic carbocycles. The molecule has 4 heteroatoms. The summed E-state index contributed by atoms with van der Waals surface area (Å²) in [6, 6.07) is 5.71. The smallest absolute Gasteiger partial charge is 0.252 e. The molecule has 1 amide bonds. The number of amides is 1. The van der Waals surface area contributed by atoms with Crippen LogP contribution in [0.5, 0.6) is 5.75 Å². The highest BCUT2D eigenvalue weighted by molar-refractivity contribution is 7.17. The lowest BCUT2D eigenvalue weighted by atomic mass is 10.1. The van der Waals surface area contributed by atoms with Gasteiger partial charge in [0.1, 0.15) is 5.75 Å². The maximum absolute atomic E-state index is 11.5. The number of methoxy groups -OCH3 is 1. The van der Waals surface area contributed by atoms with Crippen LogP contribution in [0.3, 0.4) is 0 Å². The Bertz CT molecular complexity index is 504. The van der Waals surface area contributed by atoms with Gasteiger partial charge in [-0.2, -0.15) is 0 Å². The van der Waals surface area contributed by atoms with E-state index < -0.39 is 0 Å². The Kier molecular flexibility index (Phi) is 2.60. The Balaban J connectivity index is 2.57. The molecule has 1 aromatic heterocycles. The van der Waals surface area contributed by atoms with Crippen molar-refractivity contribution in [3.05, 3.63) is 29.1 Å². The number of nitrogens with one attached hydrogen (secondary N) is 1. The van der Waals surface area contributed by atoms with Crippen LogP contribution in [0.15, 0.2) is 23.6 Å². The van der Waals surface area contributed by atoms with Gasteiger partial charge in [-0.15, -0.1) is 11.3 Å². The summed E-state index contributed by atoms with van der Waals surface area (Å²) in [7, 11) is 3.27. The summed E-state index contributed by atoms with van der Waals surface area (Å²) in [5.74, 6) is 0.763. The summed E-state index contributed by atoms with van der Waals surface area (Å²) in [6.45, 7) is 0. The lowest BCUT2D eigenvalue weighted by Crippen LogP contribution is -2.17. The highest BCUT2D eigenvalue weighted by atomic mass is 32.1. The Morgan fingerprint density at radius 1 is 1.47 bits per heavy atom. The first-order valence-corrected chi connectivity index (χ1v) is 5.41. The lowest BCUT2D eigenvalue weighted by molar-refractivity contribution is 0.0965. The minimum absolute atomic E-state index is 0.0496. The van der Waals surface area contributed by atoms with Gasteiger partial charge >= 0.3 is 0 Å². The average molecular weight is 221 g/mol. The van der Waals surface area contributed by atoms with Crippen molar-refractivity contribution in [1.82, 2.24) is 5.32 Å². The predicted octanol–water partition coefficient (Wildman–Crippen LogP) is 2.27. The monoisotopic (exact) mass is 221 g/mol. The van der Waals surface area contributed by atoms with E-state index in [0.717, 1.165) is 21.4 Å². The highest BCUT2D eigenvalue weighted by Gasteiger charge is 2.10. The molecular weight excluding hydrogens is 210 g/mol. The topological polar surface area (TPSA) is 38.3 Å². The fourth-order valence-corrected chi connectivity index (χ4v) is 2.41. The van der Waals surface area contributed by atoms with Gasteiger partial charge in [0.25, 0.3) is 5.91 Å². The van der Waals surface area contributed by atoms with Gasteiger partial charge in [0.05, 0.1) is 12.7 Å². The third kappa shape index (κ3) is 1.68. The minimum Gasteiger partial charge on any atom is -0.497 e. The molecular formula is C11H11NO2S. The SMILES string of the molecule is CNC(=O)c1csc2cc(OC)ccc12. The van der Waals surface area contributed by atoms with Crippen molar-refractivity contribution < 1.29 is 9.53 Å². The second-order valence-corrected chi connectivity index (χ2v) is 4.00. The van der Waals surface area contributed by atoms with E-state index in [1.807, 2.05) is 23.6 Å². The summed E-state index contributed by atoms with van der Waals surface area (Å²) in [4.78, 5) is 11.5. The van der Waals surface area contributed by atoms with Gasteiger partial charge in [0.15, 0.2) is 0 Å². The van der Waals surface area contributed by atoms with Crippen molar-refractivity contribution in [2.45, 2.75) is 0 Å². The van der Waals surface area contributed by atoms with Gasteiger partial charge in [-0.3, -0.25) is 4.79 Å². The van der Waals surface area contributed by atoms with E-state index in [9.17, 15) is 4.79 Å². The molecule has 0 spiro atoms. The average Bonchev–Trinajstić information content (AvgIpc) is 2.70. The number of hydrogen-bond donors (Lipinski definition) is 1. The molecule has 0 saturated heterocycles. The van der Waals surface area contributed by atoms with Crippen LogP contribution in [0.25, 0.3) is 10.1 Å². The number of fused-ring (bicyclic) bond motifs is 1. The second kappa shape index (κ2) is 3.90. The van der Waals surface area contributed by atoms with E-state index in [1.165, 1.54) is 0 Å². The third-order valence-corrected chi connectivity index (χ3v) is 3.20. The molecule has 0 bridgehead atoms. The molecule has 0 fully saturated rings. The normalized spacial score (nSPS) is 10.3. The lowest BCUT2D eigenvalue weighted by Gasteiger charge is -2.00. The summed E-state index contributed by atoms with van der Waals surface area (Å²) in [5.41, 5.74) is 0.722. The van der Waals surface area contributed by atoms with E-state index >= 15 is 0 Å². The molecule has 0 aliphatic heterocycles. The first-order valence-electron chi connectivity index (χ1n) is 4.53. The molecule has 15 heavy (non-hydrogen) atoms. The fraction of sp³-hybridized carbons (Fsp3) is 0.182. The molecule has 1 N–H and O–H groups in total. The molecule has 2 aromatic rings. The predicted molar refractivity (Wildman–Crippen MR) is 61.8 cm³/mol. The summed E-state index contributed by atoms with van der Waals surface area (Å²) < 4.78 is 6.19. The Labute approximate surface area is 91.7 Å². The number of ether oxygens (including phenoxy) is 1. The van der Waals surface area contributed by atoms with Gasteiger partial charge in [-0.25, -0.2) is 0 Å². The quantitative estimate of drug-likeness (QED) is 0.844. The molecule has 0 atom stereocenters. The fourth-order valence-electron chi connectivity index (χ4n) is 1.45. The van der Waals surface area contributed by atoms with Crippen molar-refractivity contribution in [2.75, 3.05) is 14.2 Å². The van der Waals surface area contributed by atoms with E-state index in [1.54, 1.807) is 25.5 Å². The van der Waals surface area contributed by atoms with Crippen molar-refractivity contribution in [2.24, 2.45) is 0 Å². The van der Waals surface area contributed by atoms with E-state index in [-0.39, 0.29) is 5.91 Å². The van der Waals surface area contributed by atoms with E-state index in [4.69, 9.17) is 4.74 Å². The minimum atomic E-state index is -0.0496. The van der Waals surface area contributed by atoms with Crippen LogP contribution in [0.4, 0.5) is 0 Å². The van der Waals surface area contributed by atoms with E-state index in [0.29, 0.717) is 0 Å². The Hall–Kier alpha value is -1.55.